The van der Waals surface area contributed by atoms with Gasteiger partial charge in [0.15, 0.2) is 11.5 Å². The van der Waals surface area contributed by atoms with E-state index in [1.165, 1.54) is 0 Å². The average Bonchev–Trinajstić information content (AvgIpc) is 3.52. The van der Waals surface area contributed by atoms with Gasteiger partial charge in [0.25, 0.3) is 17.3 Å². The number of aryl methyl sites for hydroxylation is 2. The first-order chi connectivity index (χ1) is 18.2. The van der Waals surface area contributed by atoms with Crippen molar-refractivity contribution in [2.45, 2.75) is 78.2 Å². The number of nitrogens with one attached hydrogen (secondary N) is 1. The van der Waals surface area contributed by atoms with Gasteiger partial charge in [-0.1, -0.05) is 0 Å². The Hall–Kier alpha value is -3.52. The van der Waals surface area contributed by atoms with Crippen LogP contribution in [0.3, 0.4) is 0 Å². The van der Waals surface area contributed by atoms with Gasteiger partial charge in [-0.3, -0.25) is 9.59 Å². The molecule has 1 aromatic carbocycles. The second-order valence-electron chi connectivity index (χ2n) is 11.2. The summed E-state index contributed by atoms with van der Waals surface area (Å²) in [6.45, 7) is 8.45. The van der Waals surface area contributed by atoms with Gasteiger partial charge in [-0.15, -0.1) is 0 Å². The molecule has 2 aromatic heterocycles. The fraction of sp³-hybridized carbons (Fsp3) is 0.467. The average molecular weight is 518 g/mol. The van der Waals surface area contributed by atoms with Crippen LogP contribution in [0.25, 0.3) is 11.3 Å². The highest BCUT2D eigenvalue weighted by Crippen LogP contribution is 2.55. The Bertz CT molecular complexity index is 1470. The van der Waals surface area contributed by atoms with E-state index in [4.69, 9.17) is 19.6 Å². The molecule has 1 fully saturated rings. The Kier molecular flexibility index (Phi) is 5.90. The molecule has 1 aliphatic carbocycles. The van der Waals surface area contributed by atoms with E-state index in [1.807, 2.05) is 45.9 Å². The van der Waals surface area contributed by atoms with E-state index in [1.54, 1.807) is 11.2 Å². The van der Waals surface area contributed by atoms with Gasteiger partial charge in [0.05, 0.1) is 23.9 Å². The van der Waals surface area contributed by atoms with Gasteiger partial charge in [-0.25, -0.2) is 0 Å². The minimum Gasteiger partial charge on any atom is -0.464 e. The molecule has 1 saturated carbocycles. The third-order valence-electron chi connectivity index (χ3n) is 8.62. The van der Waals surface area contributed by atoms with Gasteiger partial charge < -0.3 is 29.5 Å². The van der Waals surface area contributed by atoms with Crippen LogP contribution in [0, 0.1) is 26.7 Å². The number of hydrogen-bond acceptors (Lipinski definition) is 6. The molecule has 3 N–H and O–H groups in total. The summed E-state index contributed by atoms with van der Waals surface area (Å²) in [6.07, 6.45) is 5.99. The first-order valence-electron chi connectivity index (χ1n) is 13.5. The summed E-state index contributed by atoms with van der Waals surface area (Å²) in [6, 6.07) is 5.90. The number of furan rings is 1. The second-order valence-corrected chi connectivity index (χ2v) is 11.2. The molecule has 2 aliphatic heterocycles. The van der Waals surface area contributed by atoms with Crippen molar-refractivity contribution in [2.24, 2.45) is 11.7 Å². The standard InChI is InChI=1S/C30H35N3O5/c1-16-14-17(2)32-28(34)22(16)15-33-12-11-21-24(29(33)35)18(3)26-27(25(21)23-6-5-13-36-23)38-30(4,37-26)19-7-9-20(31)10-8-19/h5-6,13-14,19-20H,7-12,15,31H2,1-4H3,(H,32,34)/t19?,20?,30-/m1/s1. The number of fused-ring (bicyclic) bond motifs is 2. The fourth-order valence-corrected chi connectivity index (χ4v) is 6.49. The molecule has 3 aliphatic rings. The maximum atomic E-state index is 14.0. The molecule has 6 rings (SSSR count). The number of carbonyl (C=O) groups excluding carboxylic acids is 1. The van der Waals surface area contributed by atoms with Crippen LogP contribution in [0.15, 0.2) is 33.7 Å². The normalized spacial score (nSPS) is 24.6. The molecule has 0 bridgehead atoms. The van der Waals surface area contributed by atoms with Gasteiger partial charge in [0, 0.05) is 42.2 Å². The van der Waals surface area contributed by atoms with Gasteiger partial charge >= 0.3 is 0 Å². The molecular weight excluding hydrogens is 482 g/mol. The fourth-order valence-electron chi connectivity index (χ4n) is 6.49. The molecule has 0 spiro atoms. The van der Waals surface area contributed by atoms with Crippen LogP contribution in [-0.4, -0.2) is 34.2 Å². The zero-order valence-corrected chi connectivity index (χ0v) is 22.5. The molecule has 0 unspecified atom stereocenters. The number of hydrogen-bond donors (Lipinski definition) is 2. The predicted molar refractivity (Wildman–Crippen MR) is 143 cm³/mol. The molecule has 4 heterocycles. The van der Waals surface area contributed by atoms with Crippen molar-refractivity contribution >= 4 is 5.91 Å². The van der Waals surface area contributed by atoms with Crippen molar-refractivity contribution in [3.8, 4) is 22.8 Å². The minimum absolute atomic E-state index is 0.112. The van der Waals surface area contributed by atoms with Crippen molar-refractivity contribution < 1.29 is 18.7 Å². The van der Waals surface area contributed by atoms with Crippen LogP contribution in [-0.2, 0) is 13.0 Å². The molecule has 200 valence electrons. The number of carbonyl (C=O) groups is 1. The van der Waals surface area contributed by atoms with E-state index in [-0.39, 0.29) is 30.0 Å². The minimum atomic E-state index is -0.840. The third kappa shape index (κ3) is 3.93. The SMILES string of the molecule is Cc1cc(C)c(CN2CCc3c(c(C)c4c(c3-c3ccco3)O[C@](C)(C3CCC(N)CC3)O4)C2=O)c(=O)[nH]1. The summed E-state index contributed by atoms with van der Waals surface area (Å²) in [4.78, 5) is 31.4. The number of aromatic amines is 1. The topological polar surface area (TPSA) is 111 Å². The molecule has 0 radical (unpaired) electrons. The lowest BCUT2D eigenvalue weighted by molar-refractivity contribution is -0.120. The predicted octanol–water partition coefficient (Wildman–Crippen LogP) is 4.76. The largest absolute Gasteiger partial charge is 0.464 e. The van der Waals surface area contributed by atoms with Crippen LogP contribution >= 0.6 is 0 Å². The van der Waals surface area contributed by atoms with Crippen molar-refractivity contribution in [3.63, 3.8) is 0 Å². The molecule has 1 amide bonds. The van der Waals surface area contributed by atoms with Gasteiger partial charge in [0.2, 0.25) is 0 Å². The summed E-state index contributed by atoms with van der Waals surface area (Å²) in [7, 11) is 0. The number of benzene rings is 1. The summed E-state index contributed by atoms with van der Waals surface area (Å²) < 4.78 is 19.2. The Balaban J connectivity index is 1.42. The van der Waals surface area contributed by atoms with E-state index in [2.05, 4.69) is 4.98 Å². The Labute approximate surface area is 222 Å². The van der Waals surface area contributed by atoms with E-state index in [0.717, 1.165) is 53.6 Å². The smallest absolute Gasteiger partial charge is 0.254 e. The first-order valence-corrected chi connectivity index (χ1v) is 13.5. The third-order valence-corrected chi connectivity index (χ3v) is 8.62. The monoisotopic (exact) mass is 517 g/mol. The Morgan fingerprint density at radius 2 is 1.82 bits per heavy atom. The number of pyridine rings is 1. The van der Waals surface area contributed by atoms with Crippen LogP contribution in [0.2, 0.25) is 0 Å². The number of nitrogens with zero attached hydrogens (tertiary/aromatic N) is 1. The number of amides is 1. The van der Waals surface area contributed by atoms with Crippen LogP contribution < -0.4 is 20.8 Å². The van der Waals surface area contributed by atoms with Crippen LogP contribution in [0.1, 0.15) is 70.9 Å². The van der Waals surface area contributed by atoms with Crippen molar-refractivity contribution in [3.05, 3.63) is 68.3 Å². The second kappa shape index (κ2) is 9.05. The lowest BCUT2D eigenvalue weighted by Crippen LogP contribution is -2.46. The number of ether oxygens (including phenoxy) is 2. The molecule has 38 heavy (non-hydrogen) atoms. The van der Waals surface area contributed by atoms with Crippen molar-refractivity contribution in [1.29, 1.82) is 0 Å². The summed E-state index contributed by atoms with van der Waals surface area (Å²) >= 11 is 0. The van der Waals surface area contributed by atoms with E-state index < -0.39 is 5.79 Å². The van der Waals surface area contributed by atoms with Crippen LogP contribution in [0.4, 0.5) is 0 Å². The maximum Gasteiger partial charge on any atom is 0.254 e. The van der Waals surface area contributed by atoms with Gasteiger partial charge in [-0.2, -0.15) is 0 Å². The molecular formula is C30H35N3O5. The van der Waals surface area contributed by atoms with Gasteiger partial charge in [0.1, 0.15) is 5.76 Å². The van der Waals surface area contributed by atoms with Crippen molar-refractivity contribution in [1.82, 2.24) is 9.88 Å². The van der Waals surface area contributed by atoms with E-state index in [0.29, 0.717) is 41.4 Å². The quantitative estimate of drug-likeness (QED) is 0.516. The number of nitrogens with two attached hydrogens (primary N) is 1. The highest BCUT2D eigenvalue weighted by molar-refractivity contribution is 6.02. The van der Waals surface area contributed by atoms with E-state index >= 15 is 0 Å². The lowest BCUT2D eigenvalue weighted by atomic mass is 9.81. The summed E-state index contributed by atoms with van der Waals surface area (Å²) in [5.74, 6) is 1.16. The molecule has 1 atom stereocenters. The summed E-state index contributed by atoms with van der Waals surface area (Å²) in [5.41, 5.74) is 11.4. The van der Waals surface area contributed by atoms with E-state index in [9.17, 15) is 9.59 Å². The Morgan fingerprint density at radius 1 is 1.08 bits per heavy atom. The summed E-state index contributed by atoms with van der Waals surface area (Å²) in [5, 5.41) is 0. The lowest BCUT2D eigenvalue weighted by Gasteiger charge is -2.36. The van der Waals surface area contributed by atoms with Gasteiger partial charge in [-0.05, 0) is 82.2 Å². The molecule has 0 saturated heterocycles. The first kappa shape index (κ1) is 24.8. The maximum absolute atomic E-state index is 14.0. The molecule has 8 heteroatoms. The number of H-pyrrole nitrogens is 1. The Morgan fingerprint density at radius 3 is 2.50 bits per heavy atom. The zero-order valence-electron chi connectivity index (χ0n) is 22.5. The number of rotatable bonds is 4. The van der Waals surface area contributed by atoms with Crippen LogP contribution in [0.5, 0.6) is 11.5 Å². The highest BCUT2D eigenvalue weighted by atomic mass is 16.7. The zero-order chi connectivity index (χ0) is 26.8. The van der Waals surface area contributed by atoms with Crippen molar-refractivity contribution in [2.75, 3.05) is 6.54 Å². The molecule has 8 nitrogen and oxygen atoms in total. The number of aromatic nitrogens is 1. The highest BCUT2D eigenvalue weighted by Gasteiger charge is 2.49. The molecule has 3 aromatic rings.